The molecule has 0 aromatic heterocycles. The Bertz CT molecular complexity index is 380. The molecule has 0 radical (unpaired) electrons. The van der Waals surface area contributed by atoms with Crippen LogP contribution in [-0.2, 0) is 16.1 Å². The zero-order chi connectivity index (χ0) is 11.0. The highest BCUT2D eigenvalue weighted by Gasteiger charge is 2.48. The van der Waals surface area contributed by atoms with Crippen LogP contribution in [0, 0.1) is 5.92 Å². The first-order valence-electron chi connectivity index (χ1n) is 5.79. The summed E-state index contributed by atoms with van der Waals surface area (Å²) in [5.41, 5.74) is 1.04. The molecule has 1 saturated carbocycles. The van der Waals surface area contributed by atoms with E-state index in [9.17, 15) is 4.79 Å². The summed E-state index contributed by atoms with van der Waals surface area (Å²) in [7, 11) is 0. The third-order valence-electron chi connectivity index (χ3n) is 3.38. The van der Waals surface area contributed by atoms with Gasteiger partial charge in [-0.1, -0.05) is 30.3 Å². The molecule has 0 unspecified atom stereocenters. The van der Waals surface area contributed by atoms with Crippen molar-refractivity contribution in [1.82, 2.24) is 5.32 Å². The van der Waals surface area contributed by atoms with Crippen molar-refractivity contribution in [3.05, 3.63) is 35.9 Å². The fraction of sp³-hybridized carbons (Fsp3) is 0.462. The minimum atomic E-state index is -0.101. The maximum Gasteiger partial charge on any atom is 0.323 e. The largest absolute Gasteiger partial charge is 0.460 e. The van der Waals surface area contributed by atoms with E-state index in [1.165, 1.54) is 6.42 Å². The van der Waals surface area contributed by atoms with E-state index < -0.39 is 0 Å². The summed E-state index contributed by atoms with van der Waals surface area (Å²) >= 11 is 0. The van der Waals surface area contributed by atoms with Crippen LogP contribution < -0.4 is 5.32 Å². The Labute approximate surface area is 94.8 Å². The maximum atomic E-state index is 11.7. The molecule has 3 rings (SSSR count). The molecule has 0 bridgehead atoms. The summed E-state index contributed by atoms with van der Waals surface area (Å²) in [5.74, 6) is 0.630. The minimum absolute atomic E-state index is 0.0625. The second kappa shape index (κ2) is 3.91. The van der Waals surface area contributed by atoms with Gasteiger partial charge in [-0.15, -0.1) is 0 Å². The van der Waals surface area contributed by atoms with Gasteiger partial charge in [-0.2, -0.15) is 0 Å². The van der Waals surface area contributed by atoms with E-state index in [0.717, 1.165) is 17.9 Å². The average molecular weight is 217 g/mol. The van der Waals surface area contributed by atoms with Gasteiger partial charge in [0.1, 0.15) is 12.6 Å². The van der Waals surface area contributed by atoms with Crippen molar-refractivity contribution in [3.63, 3.8) is 0 Å². The summed E-state index contributed by atoms with van der Waals surface area (Å²) < 4.78 is 5.28. The molecule has 1 heterocycles. The van der Waals surface area contributed by atoms with Gasteiger partial charge in [0, 0.05) is 6.04 Å². The lowest BCUT2D eigenvalue weighted by Gasteiger charge is -2.12. The number of carbonyl (C=O) groups excluding carboxylic acids is 1. The van der Waals surface area contributed by atoms with Gasteiger partial charge >= 0.3 is 5.97 Å². The first-order chi connectivity index (χ1) is 7.83. The van der Waals surface area contributed by atoms with Gasteiger partial charge in [-0.05, 0) is 24.3 Å². The Morgan fingerprint density at radius 3 is 2.81 bits per heavy atom. The molecule has 0 spiro atoms. The van der Waals surface area contributed by atoms with Crippen LogP contribution in [0.5, 0.6) is 0 Å². The summed E-state index contributed by atoms with van der Waals surface area (Å²) in [6.45, 7) is 0.382. The molecule has 1 aliphatic heterocycles. The number of fused-ring (bicyclic) bond motifs is 1. The fourth-order valence-corrected chi connectivity index (χ4v) is 2.33. The fourth-order valence-electron chi connectivity index (χ4n) is 2.33. The van der Waals surface area contributed by atoms with Crippen LogP contribution in [0.4, 0.5) is 0 Å². The molecule has 0 amide bonds. The van der Waals surface area contributed by atoms with Crippen LogP contribution in [0.25, 0.3) is 0 Å². The zero-order valence-electron chi connectivity index (χ0n) is 9.06. The predicted molar refractivity (Wildman–Crippen MR) is 59.7 cm³/mol. The predicted octanol–water partition coefficient (Wildman–Crippen LogP) is 1.48. The van der Waals surface area contributed by atoms with Crippen LogP contribution in [0.1, 0.15) is 18.4 Å². The first-order valence-corrected chi connectivity index (χ1v) is 5.79. The SMILES string of the molecule is O=C(OCc1ccccc1)[C@H]1C[C@@H]2C[C@H]2N1. The highest BCUT2D eigenvalue weighted by Crippen LogP contribution is 2.40. The summed E-state index contributed by atoms with van der Waals surface area (Å²) in [6.07, 6.45) is 2.20. The van der Waals surface area contributed by atoms with Crippen LogP contribution >= 0.6 is 0 Å². The molecular formula is C13H15NO2. The van der Waals surface area contributed by atoms with Gasteiger partial charge in [0.25, 0.3) is 0 Å². The maximum absolute atomic E-state index is 11.7. The number of rotatable bonds is 3. The quantitative estimate of drug-likeness (QED) is 0.779. The molecular weight excluding hydrogens is 202 g/mol. The number of ether oxygens (including phenoxy) is 1. The van der Waals surface area contributed by atoms with E-state index in [0.29, 0.717) is 12.6 Å². The van der Waals surface area contributed by atoms with E-state index in [1.54, 1.807) is 0 Å². The number of piperidine rings is 1. The molecule has 3 nitrogen and oxygen atoms in total. The monoisotopic (exact) mass is 217 g/mol. The average Bonchev–Trinajstić information content (AvgIpc) is 2.94. The molecule has 1 aromatic carbocycles. The number of benzene rings is 1. The molecule has 1 aromatic rings. The van der Waals surface area contributed by atoms with Gasteiger partial charge in [0.2, 0.25) is 0 Å². The zero-order valence-corrected chi connectivity index (χ0v) is 9.06. The number of hydrogen-bond donors (Lipinski definition) is 1. The first kappa shape index (κ1) is 9.85. The number of nitrogens with one attached hydrogen (secondary N) is 1. The van der Waals surface area contributed by atoms with Crippen molar-refractivity contribution in [2.24, 2.45) is 5.92 Å². The molecule has 16 heavy (non-hydrogen) atoms. The van der Waals surface area contributed by atoms with Crippen LogP contribution in [0.3, 0.4) is 0 Å². The molecule has 3 atom stereocenters. The topological polar surface area (TPSA) is 38.3 Å². The van der Waals surface area contributed by atoms with E-state index >= 15 is 0 Å². The lowest BCUT2D eigenvalue weighted by molar-refractivity contribution is -0.147. The normalized spacial score (nSPS) is 30.9. The Morgan fingerprint density at radius 1 is 1.31 bits per heavy atom. The smallest absolute Gasteiger partial charge is 0.323 e. The Kier molecular flexibility index (Phi) is 2.40. The van der Waals surface area contributed by atoms with E-state index in [2.05, 4.69) is 5.32 Å². The van der Waals surface area contributed by atoms with E-state index in [-0.39, 0.29) is 12.0 Å². The van der Waals surface area contributed by atoms with Crippen molar-refractivity contribution in [3.8, 4) is 0 Å². The second-order valence-electron chi connectivity index (χ2n) is 4.65. The Hall–Kier alpha value is -1.35. The molecule has 84 valence electrons. The summed E-state index contributed by atoms with van der Waals surface area (Å²) in [5, 5.41) is 3.29. The minimum Gasteiger partial charge on any atom is -0.460 e. The lowest BCUT2D eigenvalue weighted by Crippen LogP contribution is -2.35. The van der Waals surface area contributed by atoms with Gasteiger partial charge in [0.15, 0.2) is 0 Å². The van der Waals surface area contributed by atoms with Crippen molar-refractivity contribution in [2.45, 2.75) is 31.5 Å². The van der Waals surface area contributed by atoms with Crippen molar-refractivity contribution in [2.75, 3.05) is 0 Å². The molecule has 2 aliphatic rings. The van der Waals surface area contributed by atoms with Crippen LogP contribution in [-0.4, -0.2) is 18.1 Å². The highest BCUT2D eigenvalue weighted by molar-refractivity contribution is 5.76. The van der Waals surface area contributed by atoms with Gasteiger partial charge in [-0.3, -0.25) is 4.79 Å². The standard InChI is InChI=1S/C13H15NO2/c15-13(12-7-10-6-11(10)14-12)16-8-9-4-2-1-3-5-9/h1-5,10-12,14H,6-8H2/t10-,11+,12+/m0/s1. The molecule has 1 aliphatic carbocycles. The van der Waals surface area contributed by atoms with Gasteiger partial charge in [-0.25, -0.2) is 0 Å². The Morgan fingerprint density at radius 2 is 2.12 bits per heavy atom. The number of carbonyl (C=O) groups is 1. The van der Waals surface area contributed by atoms with Crippen molar-refractivity contribution >= 4 is 5.97 Å². The van der Waals surface area contributed by atoms with Crippen LogP contribution in [0.15, 0.2) is 30.3 Å². The molecule has 2 fully saturated rings. The summed E-state index contributed by atoms with van der Waals surface area (Å²) in [6, 6.07) is 10.3. The molecule has 1 N–H and O–H groups in total. The lowest BCUT2D eigenvalue weighted by atomic mass is 10.2. The van der Waals surface area contributed by atoms with Gasteiger partial charge < -0.3 is 10.1 Å². The second-order valence-corrected chi connectivity index (χ2v) is 4.65. The molecule has 3 heteroatoms. The highest BCUT2D eigenvalue weighted by atomic mass is 16.5. The number of hydrogen-bond acceptors (Lipinski definition) is 3. The third-order valence-corrected chi connectivity index (χ3v) is 3.38. The summed E-state index contributed by atoms with van der Waals surface area (Å²) in [4.78, 5) is 11.7. The van der Waals surface area contributed by atoms with Gasteiger partial charge in [0.05, 0.1) is 0 Å². The Balaban J connectivity index is 1.50. The van der Waals surface area contributed by atoms with Crippen molar-refractivity contribution < 1.29 is 9.53 Å². The number of esters is 1. The molecule has 1 saturated heterocycles. The van der Waals surface area contributed by atoms with E-state index in [1.807, 2.05) is 30.3 Å². The van der Waals surface area contributed by atoms with Crippen molar-refractivity contribution in [1.29, 1.82) is 0 Å². The van der Waals surface area contributed by atoms with Crippen LogP contribution in [0.2, 0.25) is 0 Å². The van der Waals surface area contributed by atoms with E-state index in [4.69, 9.17) is 4.74 Å². The third kappa shape index (κ3) is 1.95.